The van der Waals surface area contributed by atoms with Crippen LogP contribution in [0.3, 0.4) is 0 Å². The molecule has 3 rings (SSSR count). The van der Waals surface area contributed by atoms with Gasteiger partial charge < -0.3 is 9.73 Å². The summed E-state index contributed by atoms with van der Waals surface area (Å²) < 4.78 is 5.64. The third-order valence-electron chi connectivity index (χ3n) is 3.87. The quantitative estimate of drug-likeness (QED) is 0.734. The highest BCUT2D eigenvalue weighted by atomic mass is 16.4. The van der Waals surface area contributed by atoms with Gasteiger partial charge in [0.25, 0.3) is 5.91 Å². The Labute approximate surface area is 141 Å². The second-order valence-electron chi connectivity index (χ2n) is 6.02. The number of hydrogen-bond donors (Lipinski definition) is 1. The number of nitrogens with one attached hydrogen (secondary N) is 1. The number of aromatic nitrogens is 1. The number of anilines is 1. The standard InChI is InChI=1S/C20H20N2O2/c1-13(2)15-9-11-17(12-10-15)21-19(23)18-14(3)24-20(22-18)16-7-5-4-6-8-16/h4-13H,1-3H3,(H,21,23). The van der Waals surface area contributed by atoms with Gasteiger partial charge in [-0.2, -0.15) is 0 Å². The van der Waals surface area contributed by atoms with E-state index in [0.717, 1.165) is 11.3 Å². The highest BCUT2D eigenvalue weighted by Crippen LogP contribution is 2.22. The molecule has 122 valence electrons. The minimum Gasteiger partial charge on any atom is -0.441 e. The second-order valence-corrected chi connectivity index (χ2v) is 6.02. The molecule has 0 atom stereocenters. The highest BCUT2D eigenvalue weighted by molar-refractivity contribution is 6.03. The third kappa shape index (κ3) is 3.38. The average molecular weight is 320 g/mol. The van der Waals surface area contributed by atoms with Gasteiger partial charge in [0.1, 0.15) is 5.76 Å². The molecule has 1 amide bonds. The zero-order chi connectivity index (χ0) is 17.1. The molecule has 0 fully saturated rings. The van der Waals surface area contributed by atoms with E-state index in [1.165, 1.54) is 5.56 Å². The van der Waals surface area contributed by atoms with E-state index in [2.05, 4.69) is 24.1 Å². The van der Waals surface area contributed by atoms with Crippen LogP contribution in [0, 0.1) is 6.92 Å². The van der Waals surface area contributed by atoms with Crippen LogP contribution in [0.1, 0.15) is 41.6 Å². The summed E-state index contributed by atoms with van der Waals surface area (Å²) in [4.78, 5) is 16.8. The second kappa shape index (κ2) is 6.71. The van der Waals surface area contributed by atoms with Gasteiger partial charge in [0, 0.05) is 11.3 Å². The average Bonchev–Trinajstić information content (AvgIpc) is 2.98. The highest BCUT2D eigenvalue weighted by Gasteiger charge is 2.18. The van der Waals surface area contributed by atoms with Gasteiger partial charge in [-0.15, -0.1) is 0 Å². The smallest absolute Gasteiger partial charge is 0.277 e. The SMILES string of the molecule is Cc1oc(-c2ccccc2)nc1C(=O)Nc1ccc(C(C)C)cc1. The van der Waals surface area contributed by atoms with Crippen LogP contribution in [0.25, 0.3) is 11.5 Å². The lowest BCUT2D eigenvalue weighted by Crippen LogP contribution is -2.13. The van der Waals surface area contributed by atoms with Gasteiger partial charge in [-0.05, 0) is 42.7 Å². The largest absolute Gasteiger partial charge is 0.441 e. The fourth-order valence-corrected chi connectivity index (χ4v) is 2.45. The Hall–Kier alpha value is -2.88. The predicted octanol–water partition coefficient (Wildman–Crippen LogP) is 5.03. The molecule has 3 aromatic rings. The molecular weight excluding hydrogens is 300 g/mol. The lowest BCUT2D eigenvalue weighted by molar-refractivity contribution is 0.102. The molecule has 1 aromatic heterocycles. The van der Waals surface area contributed by atoms with Crippen LogP contribution in [-0.4, -0.2) is 10.9 Å². The molecule has 24 heavy (non-hydrogen) atoms. The van der Waals surface area contributed by atoms with Crippen molar-refractivity contribution in [2.75, 3.05) is 5.32 Å². The van der Waals surface area contributed by atoms with E-state index in [4.69, 9.17) is 4.42 Å². The molecule has 0 spiro atoms. The Morgan fingerprint density at radius 2 is 1.71 bits per heavy atom. The zero-order valence-electron chi connectivity index (χ0n) is 14.0. The van der Waals surface area contributed by atoms with Crippen molar-refractivity contribution in [2.45, 2.75) is 26.7 Å². The lowest BCUT2D eigenvalue weighted by atomic mass is 10.0. The van der Waals surface area contributed by atoms with Crippen LogP contribution < -0.4 is 5.32 Å². The van der Waals surface area contributed by atoms with Crippen molar-refractivity contribution in [1.82, 2.24) is 4.98 Å². The molecule has 4 nitrogen and oxygen atoms in total. The van der Waals surface area contributed by atoms with Crippen LogP contribution in [0.2, 0.25) is 0 Å². The molecule has 0 aliphatic carbocycles. The molecule has 1 heterocycles. The van der Waals surface area contributed by atoms with Gasteiger partial charge in [0.05, 0.1) is 0 Å². The number of benzene rings is 2. The van der Waals surface area contributed by atoms with Gasteiger partial charge in [-0.25, -0.2) is 4.98 Å². The summed E-state index contributed by atoms with van der Waals surface area (Å²) in [7, 11) is 0. The van der Waals surface area contributed by atoms with E-state index in [0.29, 0.717) is 23.3 Å². The Bertz CT molecular complexity index is 834. The summed E-state index contributed by atoms with van der Waals surface area (Å²) in [5.74, 6) is 1.15. The van der Waals surface area contributed by atoms with Gasteiger partial charge in [0.15, 0.2) is 5.69 Å². The molecule has 2 aromatic carbocycles. The maximum Gasteiger partial charge on any atom is 0.277 e. The minimum absolute atomic E-state index is 0.268. The van der Waals surface area contributed by atoms with Crippen molar-refractivity contribution in [3.63, 3.8) is 0 Å². The van der Waals surface area contributed by atoms with Crippen molar-refractivity contribution in [1.29, 1.82) is 0 Å². The van der Waals surface area contributed by atoms with E-state index in [9.17, 15) is 4.79 Å². The number of aryl methyl sites for hydroxylation is 1. The first-order valence-electron chi connectivity index (χ1n) is 7.99. The van der Waals surface area contributed by atoms with Gasteiger partial charge in [0.2, 0.25) is 5.89 Å². The van der Waals surface area contributed by atoms with Crippen molar-refractivity contribution in [2.24, 2.45) is 0 Å². The van der Waals surface area contributed by atoms with E-state index >= 15 is 0 Å². The Kier molecular flexibility index (Phi) is 4.47. The topological polar surface area (TPSA) is 55.1 Å². The van der Waals surface area contributed by atoms with E-state index < -0.39 is 0 Å². The number of amides is 1. The summed E-state index contributed by atoms with van der Waals surface area (Å²) in [5, 5.41) is 2.87. The predicted molar refractivity (Wildman–Crippen MR) is 95.2 cm³/mol. The molecule has 0 saturated carbocycles. The summed E-state index contributed by atoms with van der Waals surface area (Å²) >= 11 is 0. The Balaban J connectivity index is 1.79. The molecule has 0 unspecified atom stereocenters. The van der Waals surface area contributed by atoms with E-state index in [1.807, 2.05) is 54.6 Å². The number of rotatable bonds is 4. The Morgan fingerprint density at radius 3 is 2.33 bits per heavy atom. The molecular formula is C20H20N2O2. The molecule has 0 saturated heterocycles. The van der Waals surface area contributed by atoms with Crippen LogP contribution in [-0.2, 0) is 0 Å². The third-order valence-corrected chi connectivity index (χ3v) is 3.87. The molecule has 1 N–H and O–H groups in total. The van der Waals surface area contributed by atoms with Crippen molar-refractivity contribution in [3.05, 3.63) is 71.6 Å². The van der Waals surface area contributed by atoms with Crippen molar-refractivity contribution >= 4 is 11.6 Å². The first-order chi connectivity index (χ1) is 11.5. The summed E-state index contributed by atoms with van der Waals surface area (Å²) in [6.07, 6.45) is 0. The van der Waals surface area contributed by atoms with E-state index in [-0.39, 0.29) is 5.91 Å². The van der Waals surface area contributed by atoms with Crippen LogP contribution in [0.5, 0.6) is 0 Å². The molecule has 0 aliphatic heterocycles. The first-order valence-corrected chi connectivity index (χ1v) is 7.99. The monoisotopic (exact) mass is 320 g/mol. The summed E-state index contributed by atoms with van der Waals surface area (Å²) in [6, 6.07) is 17.4. The summed E-state index contributed by atoms with van der Waals surface area (Å²) in [6.45, 7) is 6.02. The number of oxazole rings is 1. The first kappa shape index (κ1) is 16.0. The molecule has 0 aliphatic rings. The summed E-state index contributed by atoms with van der Waals surface area (Å²) in [5.41, 5.74) is 3.13. The van der Waals surface area contributed by atoms with Gasteiger partial charge in [-0.3, -0.25) is 4.79 Å². The fraction of sp³-hybridized carbons (Fsp3) is 0.200. The van der Waals surface area contributed by atoms with Gasteiger partial charge >= 0.3 is 0 Å². The van der Waals surface area contributed by atoms with Crippen LogP contribution in [0.4, 0.5) is 5.69 Å². The van der Waals surface area contributed by atoms with Crippen LogP contribution in [0.15, 0.2) is 59.0 Å². The maximum atomic E-state index is 12.5. The van der Waals surface area contributed by atoms with Gasteiger partial charge in [-0.1, -0.05) is 44.2 Å². The van der Waals surface area contributed by atoms with Crippen molar-refractivity contribution in [3.8, 4) is 11.5 Å². The number of carbonyl (C=O) groups excluding carboxylic acids is 1. The normalized spacial score (nSPS) is 10.8. The molecule has 0 bridgehead atoms. The van der Waals surface area contributed by atoms with Crippen LogP contribution >= 0.6 is 0 Å². The Morgan fingerprint density at radius 1 is 1.04 bits per heavy atom. The molecule has 0 radical (unpaired) electrons. The fourth-order valence-electron chi connectivity index (χ4n) is 2.45. The maximum absolute atomic E-state index is 12.5. The number of hydrogen-bond acceptors (Lipinski definition) is 3. The van der Waals surface area contributed by atoms with E-state index in [1.54, 1.807) is 6.92 Å². The molecule has 4 heteroatoms. The van der Waals surface area contributed by atoms with Crippen molar-refractivity contribution < 1.29 is 9.21 Å². The number of carbonyl (C=O) groups is 1. The lowest BCUT2D eigenvalue weighted by Gasteiger charge is -2.07. The zero-order valence-corrected chi connectivity index (χ0v) is 14.0. The minimum atomic E-state index is -0.268. The number of nitrogens with zero attached hydrogens (tertiary/aromatic N) is 1.